The zero-order valence-corrected chi connectivity index (χ0v) is 15.9. The Balaban J connectivity index is 1.92. The summed E-state index contributed by atoms with van der Waals surface area (Å²) >= 11 is 6.11. The second-order valence-corrected chi connectivity index (χ2v) is 6.61. The van der Waals surface area contributed by atoms with Gasteiger partial charge in [-0.2, -0.15) is 5.10 Å². The second kappa shape index (κ2) is 9.82. The van der Waals surface area contributed by atoms with Gasteiger partial charge in [0, 0.05) is 5.02 Å². The number of halogens is 1. The number of carbonyl (C=O) groups is 1. The number of nitrogens with one attached hydrogen (secondary N) is 1. The molecule has 0 atom stereocenters. The van der Waals surface area contributed by atoms with E-state index in [2.05, 4.69) is 24.4 Å². The van der Waals surface area contributed by atoms with E-state index in [1.807, 2.05) is 24.3 Å². The van der Waals surface area contributed by atoms with Crippen molar-refractivity contribution in [3.8, 4) is 11.5 Å². The van der Waals surface area contributed by atoms with Crippen LogP contribution >= 0.6 is 11.6 Å². The molecule has 0 saturated heterocycles. The van der Waals surface area contributed by atoms with E-state index in [0.29, 0.717) is 28.9 Å². The van der Waals surface area contributed by atoms with E-state index in [9.17, 15) is 4.79 Å². The lowest BCUT2D eigenvalue weighted by molar-refractivity contribution is -0.120. The van der Waals surface area contributed by atoms with Crippen molar-refractivity contribution in [3.63, 3.8) is 0 Å². The largest absolute Gasteiger partial charge is 0.497 e. The van der Waals surface area contributed by atoms with Crippen molar-refractivity contribution in [2.75, 3.05) is 13.7 Å². The summed E-state index contributed by atoms with van der Waals surface area (Å²) in [7, 11) is 1.57. The molecule has 0 heterocycles. The highest BCUT2D eigenvalue weighted by Gasteiger charge is 2.08. The molecule has 26 heavy (non-hydrogen) atoms. The van der Waals surface area contributed by atoms with Crippen LogP contribution in [-0.2, 0) is 11.2 Å². The first-order valence-corrected chi connectivity index (χ1v) is 8.73. The zero-order chi connectivity index (χ0) is 18.9. The van der Waals surface area contributed by atoms with Crippen molar-refractivity contribution in [1.82, 2.24) is 5.43 Å². The van der Waals surface area contributed by atoms with Gasteiger partial charge in [0.15, 0.2) is 0 Å². The molecule has 0 unspecified atom stereocenters. The summed E-state index contributed by atoms with van der Waals surface area (Å²) in [5.74, 6) is 1.62. The molecule has 0 aromatic heterocycles. The summed E-state index contributed by atoms with van der Waals surface area (Å²) < 4.78 is 10.8. The number of hydrazone groups is 1. The van der Waals surface area contributed by atoms with Crippen LogP contribution in [-0.4, -0.2) is 25.8 Å². The van der Waals surface area contributed by atoms with Crippen LogP contribution in [0.2, 0.25) is 5.02 Å². The number of ether oxygens (including phenoxy) is 2. The Morgan fingerprint density at radius 1 is 1.23 bits per heavy atom. The quantitative estimate of drug-likeness (QED) is 0.559. The summed E-state index contributed by atoms with van der Waals surface area (Å²) in [5, 5.41) is 4.51. The van der Waals surface area contributed by atoms with Crippen molar-refractivity contribution in [3.05, 3.63) is 58.6 Å². The molecular formula is C20H23ClN2O3. The first-order valence-electron chi connectivity index (χ1n) is 8.35. The van der Waals surface area contributed by atoms with Crippen LogP contribution in [0.5, 0.6) is 11.5 Å². The van der Waals surface area contributed by atoms with E-state index < -0.39 is 0 Å². The highest BCUT2D eigenvalue weighted by molar-refractivity contribution is 6.31. The molecule has 138 valence electrons. The van der Waals surface area contributed by atoms with Crippen LogP contribution in [0.1, 0.15) is 25.0 Å². The molecule has 2 aromatic rings. The number of benzene rings is 2. The third-order valence-corrected chi connectivity index (χ3v) is 3.82. The molecule has 1 amide bonds. The van der Waals surface area contributed by atoms with Crippen molar-refractivity contribution in [2.24, 2.45) is 11.0 Å². The van der Waals surface area contributed by atoms with Gasteiger partial charge in [0.05, 0.1) is 26.4 Å². The molecule has 0 fully saturated rings. The standard InChI is InChI=1S/C20H23ClN2O3/c1-14(2)13-26-18-6-4-5-15(9-18)12-22-23-20(24)11-16-10-17(25-3)7-8-19(16)21/h4-10,12,14H,11,13H2,1-3H3,(H,23,24)/b22-12+. The van der Waals surface area contributed by atoms with Crippen LogP contribution in [0.4, 0.5) is 0 Å². The predicted octanol–water partition coefficient (Wildman–Crippen LogP) is 4.08. The van der Waals surface area contributed by atoms with Gasteiger partial charge in [-0.15, -0.1) is 0 Å². The van der Waals surface area contributed by atoms with Crippen molar-refractivity contribution in [2.45, 2.75) is 20.3 Å². The van der Waals surface area contributed by atoms with Crippen molar-refractivity contribution < 1.29 is 14.3 Å². The maximum absolute atomic E-state index is 12.0. The maximum atomic E-state index is 12.0. The number of amides is 1. The van der Waals surface area contributed by atoms with Gasteiger partial charge in [-0.1, -0.05) is 37.6 Å². The van der Waals surface area contributed by atoms with Gasteiger partial charge >= 0.3 is 0 Å². The lowest BCUT2D eigenvalue weighted by atomic mass is 10.1. The first kappa shape index (κ1) is 19.8. The number of carbonyl (C=O) groups excluding carboxylic acids is 1. The third-order valence-electron chi connectivity index (χ3n) is 3.45. The van der Waals surface area contributed by atoms with Gasteiger partial charge in [0.2, 0.25) is 5.91 Å². The molecule has 0 spiro atoms. The Kier molecular flexibility index (Phi) is 7.48. The monoisotopic (exact) mass is 374 g/mol. The molecule has 0 aliphatic carbocycles. The second-order valence-electron chi connectivity index (χ2n) is 6.20. The molecule has 2 rings (SSSR count). The van der Waals surface area contributed by atoms with E-state index in [0.717, 1.165) is 11.3 Å². The van der Waals surface area contributed by atoms with Crippen LogP contribution in [0.25, 0.3) is 0 Å². The van der Waals surface area contributed by atoms with E-state index >= 15 is 0 Å². The lowest BCUT2D eigenvalue weighted by Crippen LogP contribution is -2.20. The van der Waals surface area contributed by atoms with Gasteiger partial charge in [-0.3, -0.25) is 4.79 Å². The number of rotatable bonds is 8. The van der Waals surface area contributed by atoms with Crippen LogP contribution in [0, 0.1) is 5.92 Å². The third kappa shape index (κ3) is 6.41. The highest BCUT2D eigenvalue weighted by Crippen LogP contribution is 2.22. The zero-order valence-electron chi connectivity index (χ0n) is 15.2. The van der Waals surface area contributed by atoms with E-state index in [-0.39, 0.29) is 12.3 Å². The number of hydrogen-bond donors (Lipinski definition) is 1. The highest BCUT2D eigenvalue weighted by atomic mass is 35.5. The molecule has 0 aliphatic heterocycles. The maximum Gasteiger partial charge on any atom is 0.244 e. The summed E-state index contributed by atoms with van der Waals surface area (Å²) in [4.78, 5) is 12.0. The summed E-state index contributed by atoms with van der Waals surface area (Å²) in [5.41, 5.74) is 4.03. The van der Waals surface area contributed by atoms with Crippen molar-refractivity contribution >= 4 is 23.7 Å². The Hall–Kier alpha value is -2.53. The Bertz CT molecular complexity index is 775. The van der Waals surface area contributed by atoms with Crippen molar-refractivity contribution in [1.29, 1.82) is 0 Å². The average Bonchev–Trinajstić information content (AvgIpc) is 2.62. The Morgan fingerprint density at radius 3 is 2.77 bits per heavy atom. The molecule has 0 bridgehead atoms. The summed E-state index contributed by atoms with van der Waals surface area (Å²) in [6.45, 7) is 4.84. The fraction of sp³-hybridized carbons (Fsp3) is 0.300. The van der Waals surface area contributed by atoms with Crippen LogP contribution in [0.15, 0.2) is 47.6 Å². The van der Waals surface area contributed by atoms with Gasteiger partial charge in [0.25, 0.3) is 0 Å². The minimum Gasteiger partial charge on any atom is -0.497 e. The normalized spacial score (nSPS) is 11.0. The smallest absolute Gasteiger partial charge is 0.244 e. The minimum atomic E-state index is -0.261. The SMILES string of the molecule is COc1ccc(Cl)c(CC(=O)N/N=C/c2cccc(OCC(C)C)c2)c1. The van der Waals surface area contributed by atoms with E-state index in [1.54, 1.807) is 31.5 Å². The van der Waals surface area contributed by atoms with Gasteiger partial charge in [0.1, 0.15) is 11.5 Å². The topological polar surface area (TPSA) is 59.9 Å². The molecule has 1 N–H and O–H groups in total. The van der Waals surface area contributed by atoms with E-state index in [1.165, 1.54) is 0 Å². The minimum absolute atomic E-state index is 0.116. The molecule has 0 radical (unpaired) electrons. The van der Waals surface area contributed by atoms with Crippen LogP contribution < -0.4 is 14.9 Å². The average molecular weight is 375 g/mol. The molecule has 5 nitrogen and oxygen atoms in total. The number of methoxy groups -OCH3 is 1. The Morgan fingerprint density at radius 2 is 2.04 bits per heavy atom. The first-order chi connectivity index (χ1) is 12.5. The lowest BCUT2D eigenvalue weighted by Gasteiger charge is -2.08. The fourth-order valence-corrected chi connectivity index (χ4v) is 2.34. The molecule has 6 heteroatoms. The predicted molar refractivity (Wildman–Crippen MR) is 104 cm³/mol. The van der Waals surface area contributed by atoms with Gasteiger partial charge in [-0.05, 0) is 47.4 Å². The number of nitrogens with zero attached hydrogens (tertiary/aromatic N) is 1. The summed E-state index contributed by atoms with van der Waals surface area (Å²) in [6.07, 6.45) is 1.69. The van der Waals surface area contributed by atoms with Gasteiger partial charge < -0.3 is 9.47 Å². The molecule has 0 saturated carbocycles. The van der Waals surface area contributed by atoms with Gasteiger partial charge in [-0.25, -0.2) is 5.43 Å². The molecule has 2 aromatic carbocycles. The fourth-order valence-electron chi connectivity index (χ4n) is 2.15. The molecular weight excluding hydrogens is 352 g/mol. The number of hydrogen-bond acceptors (Lipinski definition) is 4. The van der Waals surface area contributed by atoms with E-state index in [4.69, 9.17) is 21.1 Å². The summed E-state index contributed by atoms with van der Waals surface area (Å²) in [6, 6.07) is 12.7. The Labute approximate surface area is 159 Å². The van der Waals surface area contributed by atoms with Crippen LogP contribution in [0.3, 0.4) is 0 Å². The molecule has 0 aliphatic rings.